The van der Waals surface area contributed by atoms with E-state index >= 15 is 0 Å². The Morgan fingerprint density at radius 1 is 1.35 bits per heavy atom. The highest BCUT2D eigenvalue weighted by Crippen LogP contribution is 2.24. The predicted octanol–water partition coefficient (Wildman–Crippen LogP) is 3.15. The molecule has 7 heteroatoms. The summed E-state index contributed by atoms with van der Waals surface area (Å²) in [6, 6.07) is 1.98. The van der Waals surface area contributed by atoms with E-state index in [9.17, 15) is 13.6 Å². The molecular weight excluding hydrogens is 350 g/mol. The van der Waals surface area contributed by atoms with Crippen molar-refractivity contribution in [2.75, 3.05) is 24.2 Å². The van der Waals surface area contributed by atoms with Crippen LogP contribution in [-0.4, -0.2) is 30.0 Å². The molecule has 1 amide bonds. The number of amides is 1. The lowest BCUT2D eigenvalue weighted by Gasteiger charge is -2.21. The average molecular weight is 365 g/mol. The summed E-state index contributed by atoms with van der Waals surface area (Å²) in [4.78, 5) is 11.8. The van der Waals surface area contributed by atoms with E-state index in [2.05, 4.69) is 26.6 Å². The lowest BCUT2D eigenvalue weighted by atomic mass is 10.2. The number of piperidine rings is 1. The standard InChI is InChI=1S/C13H15BrF2N2OS/c14-9-5-12(11(16)6-10(9)15)18-13(19)7-20-8-1-3-17-4-2-8/h5-6,8,17H,1-4,7H2,(H,18,19). The van der Waals surface area contributed by atoms with Crippen LogP contribution in [0, 0.1) is 11.6 Å². The number of halogens is 3. The molecule has 1 aromatic carbocycles. The smallest absolute Gasteiger partial charge is 0.234 e. The number of thioether (sulfide) groups is 1. The van der Waals surface area contributed by atoms with Gasteiger partial charge in [0, 0.05) is 11.3 Å². The van der Waals surface area contributed by atoms with Crippen LogP contribution in [0.4, 0.5) is 14.5 Å². The van der Waals surface area contributed by atoms with E-state index in [0.717, 1.165) is 32.0 Å². The van der Waals surface area contributed by atoms with Crippen molar-refractivity contribution in [1.29, 1.82) is 0 Å². The quantitative estimate of drug-likeness (QED) is 0.806. The third kappa shape index (κ3) is 4.43. The van der Waals surface area contributed by atoms with Gasteiger partial charge in [-0.1, -0.05) is 0 Å². The summed E-state index contributed by atoms with van der Waals surface area (Å²) in [7, 11) is 0. The predicted molar refractivity (Wildman–Crippen MR) is 81.0 cm³/mol. The van der Waals surface area contributed by atoms with Gasteiger partial charge in [0.2, 0.25) is 5.91 Å². The van der Waals surface area contributed by atoms with Crippen LogP contribution in [0.25, 0.3) is 0 Å². The Hall–Kier alpha value is -0.660. The van der Waals surface area contributed by atoms with E-state index in [1.807, 2.05) is 0 Å². The largest absolute Gasteiger partial charge is 0.323 e. The Balaban J connectivity index is 1.86. The van der Waals surface area contributed by atoms with Crippen molar-refractivity contribution in [3.05, 3.63) is 28.2 Å². The van der Waals surface area contributed by atoms with Gasteiger partial charge in [-0.05, 0) is 47.9 Å². The number of carbonyl (C=O) groups excluding carboxylic acids is 1. The molecule has 1 heterocycles. The van der Waals surface area contributed by atoms with Gasteiger partial charge in [0.05, 0.1) is 15.9 Å². The molecule has 1 aromatic rings. The lowest BCUT2D eigenvalue weighted by molar-refractivity contribution is -0.113. The molecule has 0 aromatic heterocycles. The van der Waals surface area contributed by atoms with Crippen LogP contribution in [-0.2, 0) is 4.79 Å². The minimum atomic E-state index is -0.772. The summed E-state index contributed by atoms with van der Waals surface area (Å²) in [6.45, 7) is 1.94. The number of nitrogens with one attached hydrogen (secondary N) is 2. The maximum Gasteiger partial charge on any atom is 0.234 e. The van der Waals surface area contributed by atoms with E-state index in [1.54, 1.807) is 11.8 Å². The summed E-state index contributed by atoms with van der Waals surface area (Å²) in [5.74, 6) is -1.46. The van der Waals surface area contributed by atoms with E-state index in [-0.39, 0.29) is 21.8 Å². The first-order valence-corrected chi connectivity index (χ1v) is 8.17. The Bertz CT molecular complexity index is 496. The lowest BCUT2D eigenvalue weighted by Crippen LogP contribution is -2.30. The molecule has 0 atom stereocenters. The minimum Gasteiger partial charge on any atom is -0.323 e. The zero-order valence-corrected chi connectivity index (χ0v) is 13.1. The molecule has 110 valence electrons. The van der Waals surface area contributed by atoms with Gasteiger partial charge in [0.1, 0.15) is 11.6 Å². The second-order valence-electron chi connectivity index (χ2n) is 4.55. The number of carbonyl (C=O) groups is 1. The summed E-state index contributed by atoms with van der Waals surface area (Å²) in [6.07, 6.45) is 2.07. The van der Waals surface area contributed by atoms with Crippen LogP contribution >= 0.6 is 27.7 Å². The fraction of sp³-hybridized carbons (Fsp3) is 0.462. The molecular formula is C13H15BrF2N2OS. The molecule has 2 rings (SSSR count). The zero-order chi connectivity index (χ0) is 14.5. The van der Waals surface area contributed by atoms with Crippen molar-refractivity contribution >= 4 is 39.3 Å². The fourth-order valence-electron chi connectivity index (χ4n) is 1.96. The Morgan fingerprint density at radius 3 is 2.75 bits per heavy atom. The molecule has 0 bridgehead atoms. The van der Waals surface area contributed by atoms with Gasteiger partial charge >= 0.3 is 0 Å². The van der Waals surface area contributed by atoms with Gasteiger partial charge in [-0.25, -0.2) is 8.78 Å². The van der Waals surface area contributed by atoms with Crippen molar-refractivity contribution < 1.29 is 13.6 Å². The number of anilines is 1. The van der Waals surface area contributed by atoms with Crippen molar-refractivity contribution in [2.24, 2.45) is 0 Å². The van der Waals surface area contributed by atoms with E-state index in [4.69, 9.17) is 0 Å². The molecule has 20 heavy (non-hydrogen) atoms. The SMILES string of the molecule is O=C(CSC1CCNCC1)Nc1cc(Br)c(F)cc1F. The molecule has 0 spiro atoms. The van der Waals surface area contributed by atoms with Gasteiger partial charge in [-0.2, -0.15) is 0 Å². The molecule has 0 unspecified atom stereocenters. The molecule has 1 fully saturated rings. The molecule has 0 saturated carbocycles. The second kappa shape index (κ2) is 7.38. The first kappa shape index (κ1) is 15.7. The highest BCUT2D eigenvalue weighted by Gasteiger charge is 2.16. The van der Waals surface area contributed by atoms with Crippen LogP contribution in [0.2, 0.25) is 0 Å². The first-order valence-electron chi connectivity index (χ1n) is 6.33. The molecule has 3 nitrogen and oxygen atoms in total. The van der Waals surface area contributed by atoms with Crippen molar-refractivity contribution in [3.8, 4) is 0 Å². The summed E-state index contributed by atoms with van der Waals surface area (Å²) in [5.41, 5.74) is -0.00538. The van der Waals surface area contributed by atoms with Gasteiger partial charge in [-0.15, -0.1) is 11.8 Å². The monoisotopic (exact) mass is 364 g/mol. The molecule has 1 saturated heterocycles. The van der Waals surface area contributed by atoms with Gasteiger partial charge < -0.3 is 10.6 Å². The van der Waals surface area contributed by atoms with Crippen molar-refractivity contribution in [1.82, 2.24) is 5.32 Å². The Kier molecular flexibility index (Phi) is 5.80. The summed E-state index contributed by atoms with van der Waals surface area (Å²) >= 11 is 4.54. The number of benzene rings is 1. The summed E-state index contributed by atoms with van der Waals surface area (Å²) < 4.78 is 26.7. The Labute approximate surface area is 129 Å². The van der Waals surface area contributed by atoms with Crippen LogP contribution in [0.3, 0.4) is 0 Å². The van der Waals surface area contributed by atoms with Gasteiger partial charge in [0.15, 0.2) is 0 Å². The van der Waals surface area contributed by atoms with Crippen LogP contribution < -0.4 is 10.6 Å². The van der Waals surface area contributed by atoms with Crippen molar-refractivity contribution in [2.45, 2.75) is 18.1 Å². The van der Waals surface area contributed by atoms with Crippen LogP contribution in [0.5, 0.6) is 0 Å². The molecule has 1 aliphatic heterocycles. The maximum absolute atomic E-state index is 13.5. The molecule has 1 aliphatic rings. The number of hydrogen-bond donors (Lipinski definition) is 2. The van der Waals surface area contributed by atoms with E-state index in [0.29, 0.717) is 5.25 Å². The topological polar surface area (TPSA) is 41.1 Å². The van der Waals surface area contributed by atoms with Crippen molar-refractivity contribution in [3.63, 3.8) is 0 Å². The molecule has 0 aliphatic carbocycles. The molecule has 2 N–H and O–H groups in total. The van der Waals surface area contributed by atoms with E-state index < -0.39 is 11.6 Å². The highest BCUT2D eigenvalue weighted by atomic mass is 79.9. The average Bonchev–Trinajstić information content (AvgIpc) is 2.44. The fourth-order valence-corrected chi connectivity index (χ4v) is 3.33. The number of hydrogen-bond acceptors (Lipinski definition) is 3. The minimum absolute atomic E-state index is 0.00538. The molecule has 0 radical (unpaired) electrons. The number of rotatable bonds is 4. The third-order valence-electron chi connectivity index (χ3n) is 3.02. The third-order valence-corrected chi connectivity index (χ3v) is 5.00. The van der Waals surface area contributed by atoms with Gasteiger partial charge in [0.25, 0.3) is 0 Å². The zero-order valence-electron chi connectivity index (χ0n) is 10.7. The van der Waals surface area contributed by atoms with Crippen LogP contribution in [0.15, 0.2) is 16.6 Å². The second-order valence-corrected chi connectivity index (χ2v) is 6.70. The van der Waals surface area contributed by atoms with Crippen LogP contribution in [0.1, 0.15) is 12.8 Å². The normalized spacial score (nSPS) is 16.1. The maximum atomic E-state index is 13.5. The Morgan fingerprint density at radius 2 is 2.05 bits per heavy atom. The van der Waals surface area contributed by atoms with E-state index in [1.165, 1.54) is 6.07 Å². The van der Waals surface area contributed by atoms with Gasteiger partial charge in [-0.3, -0.25) is 4.79 Å². The highest BCUT2D eigenvalue weighted by molar-refractivity contribution is 9.10. The summed E-state index contributed by atoms with van der Waals surface area (Å²) in [5, 5.41) is 6.19. The first-order chi connectivity index (χ1) is 9.56.